The molecule has 1 aliphatic rings. The van der Waals surface area contributed by atoms with Gasteiger partial charge in [0.2, 0.25) is 5.95 Å². The highest BCUT2D eigenvalue weighted by Gasteiger charge is 2.22. The topological polar surface area (TPSA) is 71.5 Å². The fourth-order valence-corrected chi connectivity index (χ4v) is 5.02. The van der Waals surface area contributed by atoms with Gasteiger partial charge in [-0.3, -0.25) is 0 Å². The molecule has 4 rings (SSSR count). The quantitative estimate of drug-likeness (QED) is 0.318. The van der Waals surface area contributed by atoms with Crippen molar-refractivity contribution in [3.63, 3.8) is 0 Å². The summed E-state index contributed by atoms with van der Waals surface area (Å²) >= 11 is 0. The molecule has 0 radical (unpaired) electrons. The average molecular weight is 492 g/mol. The van der Waals surface area contributed by atoms with Gasteiger partial charge in [-0.2, -0.15) is 4.98 Å². The zero-order valence-corrected chi connectivity index (χ0v) is 22.2. The number of anilines is 2. The second kappa shape index (κ2) is 12.8. The minimum Gasteiger partial charge on any atom is -0.494 e. The Morgan fingerprint density at radius 1 is 0.944 bits per heavy atom. The number of nitrogens with zero attached hydrogens (tertiary/aromatic N) is 3. The monoisotopic (exact) mass is 491 g/mol. The van der Waals surface area contributed by atoms with Crippen LogP contribution >= 0.6 is 0 Å². The van der Waals surface area contributed by atoms with Crippen molar-refractivity contribution >= 4 is 22.7 Å². The molecule has 1 aromatic heterocycles. The van der Waals surface area contributed by atoms with Crippen molar-refractivity contribution in [1.82, 2.24) is 15.3 Å². The SMILES string of the molecule is CCOc1ccc(OCC)c(CNCC[C@H]2CC[C@@H](Nc3nc(N(C)C)c4ccccc4n3)CC2)c1. The number of rotatable bonds is 12. The van der Waals surface area contributed by atoms with Crippen LogP contribution in [0.3, 0.4) is 0 Å². The Balaban J connectivity index is 1.24. The predicted molar refractivity (Wildman–Crippen MR) is 148 cm³/mol. The maximum Gasteiger partial charge on any atom is 0.225 e. The molecule has 0 atom stereocenters. The van der Waals surface area contributed by atoms with Gasteiger partial charge in [-0.15, -0.1) is 0 Å². The number of para-hydroxylation sites is 1. The van der Waals surface area contributed by atoms with Gasteiger partial charge in [-0.05, 0) is 88.7 Å². The molecule has 1 saturated carbocycles. The van der Waals surface area contributed by atoms with E-state index in [4.69, 9.17) is 19.4 Å². The van der Waals surface area contributed by atoms with E-state index in [9.17, 15) is 0 Å². The first-order chi connectivity index (χ1) is 17.6. The molecule has 36 heavy (non-hydrogen) atoms. The maximum atomic E-state index is 5.81. The Kier molecular flexibility index (Phi) is 9.23. The van der Waals surface area contributed by atoms with Gasteiger partial charge >= 0.3 is 0 Å². The van der Waals surface area contributed by atoms with Crippen molar-refractivity contribution in [3.8, 4) is 11.5 Å². The number of ether oxygens (including phenoxy) is 2. The van der Waals surface area contributed by atoms with Gasteiger partial charge in [-0.1, -0.05) is 12.1 Å². The number of aromatic nitrogens is 2. The molecule has 0 saturated heterocycles. The fraction of sp³-hybridized carbons (Fsp3) is 0.517. The van der Waals surface area contributed by atoms with Gasteiger partial charge in [0.25, 0.3) is 0 Å². The molecule has 0 bridgehead atoms. The van der Waals surface area contributed by atoms with E-state index in [-0.39, 0.29) is 0 Å². The van der Waals surface area contributed by atoms with Crippen molar-refractivity contribution in [3.05, 3.63) is 48.0 Å². The Bertz CT molecular complexity index is 1110. The highest BCUT2D eigenvalue weighted by atomic mass is 16.5. The van der Waals surface area contributed by atoms with Gasteiger partial charge in [0.15, 0.2) is 0 Å². The minimum absolute atomic E-state index is 0.431. The van der Waals surface area contributed by atoms with E-state index in [2.05, 4.69) is 33.7 Å². The first kappa shape index (κ1) is 26.0. The highest BCUT2D eigenvalue weighted by Crippen LogP contribution is 2.30. The maximum absolute atomic E-state index is 5.81. The van der Waals surface area contributed by atoms with Gasteiger partial charge in [0.1, 0.15) is 17.3 Å². The zero-order valence-electron chi connectivity index (χ0n) is 22.2. The summed E-state index contributed by atoms with van der Waals surface area (Å²) in [6.45, 7) is 7.16. The van der Waals surface area contributed by atoms with Crippen molar-refractivity contribution in [2.75, 3.05) is 44.1 Å². The molecular weight excluding hydrogens is 450 g/mol. The third kappa shape index (κ3) is 6.78. The summed E-state index contributed by atoms with van der Waals surface area (Å²) in [5, 5.41) is 8.33. The summed E-state index contributed by atoms with van der Waals surface area (Å²) in [6, 6.07) is 14.7. The molecule has 7 nitrogen and oxygen atoms in total. The molecular formula is C29H41N5O2. The first-order valence-corrected chi connectivity index (χ1v) is 13.4. The first-order valence-electron chi connectivity index (χ1n) is 13.4. The number of hydrogen-bond acceptors (Lipinski definition) is 7. The van der Waals surface area contributed by atoms with Crippen LogP contribution in [0.1, 0.15) is 51.5 Å². The summed E-state index contributed by atoms with van der Waals surface area (Å²) in [5.74, 6) is 4.29. The zero-order chi connectivity index (χ0) is 25.3. The lowest BCUT2D eigenvalue weighted by atomic mass is 9.84. The number of nitrogens with one attached hydrogen (secondary N) is 2. The van der Waals surface area contributed by atoms with Gasteiger partial charge in [0.05, 0.1) is 18.7 Å². The van der Waals surface area contributed by atoms with Crippen LogP contribution in [0.4, 0.5) is 11.8 Å². The lowest BCUT2D eigenvalue weighted by molar-refractivity contribution is 0.313. The van der Waals surface area contributed by atoms with Gasteiger partial charge in [0, 0.05) is 37.6 Å². The third-order valence-corrected chi connectivity index (χ3v) is 6.87. The van der Waals surface area contributed by atoms with Crippen LogP contribution in [0.5, 0.6) is 11.5 Å². The number of fused-ring (bicyclic) bond motifs is 1. The van der Waals surface area contributed by atoms with E-state index in [0.717, 1.165) is 71.6 Å². The second-order valence-electron chi connectivity index (χ2n) is 9.75. The fourth-order valence-electron chi connectivity index (χ4n) is 5.02. The molecule has 3 aromatic rings. The molecule has 194 valence electrons. The standard InChI is InChI=1S/C29H41N5O2/c1-5-35-24-15-16-27(36-6-2)22(19-24)20-30-18-17-21-11-13-23(14-12-21)31-29-32-26-10-8-7-9-25(26)28(33-29)34(3)4/h7-10,15-16,19,21,23,30H,5-6,11-14,17-18,20H2,1-4H3,(H,31,32,33)/t21-,23+. The Hall–Kier alpha value is -3.06. The largest absolute Gasteiger partial charge is 0.494 e. The van der Waals surface area contributed by atoms with Crippen LogP contribution < -0.4 is 25.0 Å². The molecule has 0 aliphatic heterocycles. The van der Waals surface area contributed by atoms with Gasteiger partial charge in [-0.25, -0.2) is 4.98 Å². The van der Waals surface area contributed by atoms with E-state index in [0.29, 0.717) is 19.3 Å². The molecule has 1 heterocycles. The summed E-state index contributed by atoms with van der Waals surface area (Å²) in [6.07, 6.45) is 5.97. The smallest absolute Gasteiger partial charge is 0.225 e. The molecule has 0 unspecified atom stereocenters. The van der Waals surface area contributed by atoms with E-state index in [1.165, 1.54) is 19.3 Å². The molecule has 0 amide bonds. The van der Waals surface area contributed by atoms with Crippen molar-refractivity contribution in [2.24, 2.45) is 5.92 Å². The Morgan fingerprint density at radius 2 is 1.72 bits per heavy atom. The molecule has 7 heteroatoms. The van der Waals surface area contributed by atoms with E-state index >= 15 is 0 Å². The lowest BCUT2D eigenvalue weighted by Crippen LogP contribution is -2.28. The average Bonchev–Trinajstić information content (AvgIpc) is 2.88. The normalized spacial score (nSPS) is 17.7. The molecule has 0 spiro atoms. The molecule has 2 aromatic carbocycles. The third-order valence-electron chi connectivity index (χ3n) is 6.87. The van der Waals surface area contributed by atoms with E-state index in [1.54, 1.807) is 0 Å². The Labute approximate surface area is 215 Å². The summed E-state index contributed by atoms with van der Waals surface area (Å²) in [4.78, 5) is 11.7. The minimum atomic E-state index is 0.431. The summed E-state index contributed by atoms with van der Waals surface area (Å²) in [5.41, 5.74) is 2.14. The summed E-state index contributed by atoms with van der Waals surface area (Å²) in [7, 11) is 4.07. The van der Waals surface area contributed by atoms with Crippen LogP contribution in [0.2, 0.25) is 0 Å². The number of benzene rings is 2. The van der Waals surface area contributed by atoms with Gasteiger partial charge < -0.3 is 25.0 Å². The van der Waals surface area contributed by atoms with E-state index < -0.39 is 0 Å². The van der Waals surface area contributed by atoms with Crippen LogP contribution in [0.15, 0.2) is 42.5 Å². The van der Waals surface area contributed by atoms with Crippen LogP contribution in [0, 0.1) is 5.92 Å². The van der Waals surface area contributed by atoms with Crippen LogP contribution in [0.25, 0.3) is 10.9 Å². The van der Waals surface area contributed by atoms with Crippen molar-refractivity contribution in [2.45, 2.75) is 58.5 Å². The predicted octanol–water partition coefficient (Wildman–Crippen LogP) is 5.64. The van der Waals surface area contributed by atoms with Crippen LogP contribution in [-0.4, -0.2) is 49.9 Å². The lowest BCUT2D eigenvalue weighted by Gasteiger charge is -2.29. The van der Waals surface area contributed by atoms with Crippen molar-refractivity contribution in [1.29, 1.82) is 0 Å². The molecule has 2 N–H and O–H groups in total. The molecule has 1 fully saturated rings. The molecule has 1 aliphatic carbocycles. The van der Waals surface area contributed by atoms with Crippen LogP contribution in [-0.2, 0) is 6.54 Å². The van der Waals surface area contributed by atoms with E-state index in [1.807, 2.05) is 52.2 Å². The number of hydrogen-bond donors (Lipinski definition) is 2. The highest BCUT2D eigenvalue weighted by molar-refractivity contribution is 5.90. The Morgan fingerprint density at radius 3 is 2.47 bits per heavy atom. The van der Waals surface area contributed by atoms with Crippen molar-refractivity contribution < 1.29 is 9.47 Å². The second-order valence-corrected chi connectivity index (χ2v) is 9.75. The summed E-state index contributed by atoms with van der Waals surface area (Å²) < 4.78 is 11.5.